The molecule has 172 valence electrons. The molecule has 3 heterocycles. The van der Waals surface area contributed by atoms with Gasteiger partial charge in [-0.25, -0.2) is 27.2 Å². The van der Waals surface area contributed by atoms with Gasteiger partial charge in [0, 0.05) is 29.9 Å². The van der Waals surface area contributed by atoms with Crippen molar-refractivity contribution in [2.45, 2.75) is 36.1 Å². The van der Waals surface area contributed by atoms with Crippen LogP contribution in [0.25, 0.3) is 0 Å². The summed E-state index contributed by atoms with van der Waals surface area (Å²) in [6.45, 7) is 2.63. The zero-order valence-electron chi connectivity index (χ0n) is 17.9. The monoisotopic (exact) mass is 470 g/mol. The van der Waals surface area contributed by atoms with Crippen LogP contribution in [0.5, 0.6) is 0 Å². The fourth-order valence-electron chi connectivity index (χ4n) is 4.89. The van der Waals surface area contributed by atoms with Gasteiger partial charge >= 0.3 is 0 Å². The number of halogens is 2. The normalized spacial score (nSPS) is 18.1. The van der Waals surface area contributed by atoms with E-state index in [2.05, 4.69) is 14.9 Å². The molecule has 0 N–H and O–H groups in total. The molecule has 3 aromatic rings. The summed E-state index contributed by atoms with van der Waals surface area (Å²) in [5.74, 6) is 0.775. The first kappa shape index (κ1) is 21.9. The van der Waals surface area contributed by atoms with Crippen LogP contribution in [0.3, 0.4) is 0 Å². The SMILES string of the molecule is O=S(=O)(c1ccc(C(F)F)cc1)N1CC2(CCN(Cc3ncccn3)CC2)c2ccccc21. The first-order valence-electron chi connectivity index (χ1n) is 10.9. The van der Waals surface area contributed by atoms with Gasteiger partial charge in [-0.3, -0.25) is 9.21 Å². The van der Waals surface area contributed by atoms with Gasteiger partial charge < -0.3 is 0 Å². The summed E-state index contributed by atoms with van der Waals surface area (Å²) in [4.78, 5) is 10.9. The molecule has 0 bridgehead atoms. The van der Waals surface area contributed by atoms with Crippen molar-refractivity contribution in [2.75, 3.05) is 23.9 Å². The smallest absolute Gasteiger partial charge is 0.264 e. The van der Waals surface area contributed by atoms with Crippen LogP contribution in [-0.2, 0) is 22.0 Å². The zero-order valence-corrected chi connectivity index (χ0v) is 18.8. The molecule has 1 saturated heterocycles. The predicted octanol–water partition coefficient (Wildman–Crippen LogP) is 4.16. The van der Waals surface area contributed by atoms with E-state index in [-0.39, 0.29) is 15.9 Å². The van der Waals surface area contributed by atoms with Crippen LogP contribution in [0.15, 0.2) is 71.9 Å². The molecule has 1 aromatic heterocycles. The summed E-state index contributed by atoms with van der Waals surface area (Å²) >= 11 is 0. The molecule has 33 heavy (non-hydrogen) atoms. The number of hydrogen-bond acceptors (Lipinski definition) is 5. The molecular formula is C24H24F2N4O2S. The second-order valence-electron chi connectivity index (χ2n) is 8.62. The number of rotatable bonds is 5. The van der Waals surface area contributed by atoms with E-state index in [4.69, 9.17) is 0 Å². The number of para-hydroxylation sites is 1. The number of hydrogen-bond donors (Lipinski definition) is 0. The lowest BCUT2D eigenvalue weighted by Crippen LogP contribution is -2.45. The first-order valence-corrected chi connectivity index (χ1v) is 12.3. The number of fused-ring (bicyclic) bond motifs is 2. The third-order valence-corrected chi connectivity index (χ3v) is 8.48. The third kappa shape index (κ3) is 4.00. The van der Waals surface area contributed by atoms with Crippen LogP contribution < -0.4 is 4.31 Å². The Morgan fingerprint density at radius 1 is 0.939 bits per heavy atom. The Morgan fingerprint density at radius 3 is 2.27 bits per heavy atom. The summed E-state index contributed by atoms with van der Waals surface area (Å²) in [5.41, 5.74) is 1.24. The van der Waals surface area contributed by atoms with Crippen molar-refractivity contribution < 1.29 is 17.2 Å². The van der Waals surface area contributed by atoms with Gasteiger partial charge in [0.2, 0.25) is 0 Å². The molecule has 6 nitrogen and oxygen atoms in total. The number of piperidine rings is 1. The molecule has 1 spiro atoms. The van der Waals surface area contributed by atoms with Gasteiger partial charge in [0.05, 0.1) is 17.1 Å². The van der Waals surface area contributed by atoms with E-state index in [0.29, 0.717) is 18.8 Å². The summed E-state index contributed by atoms with van der Waals surface area (Å²) in [6.07, 6.45) is 2.46. The Kier molecular flexibility index (Phi) is 5.62. The van der Waals surface area contributed by atoms with Crippen molar-refractivity contribution in [1.29, 1.82) is 0 Å². The van der Waals surface area contributed by atoms with E-state index in [1.165, 1.54) is 28.6 Å². The van der Waals surface area contributed by atoms with Gasteiger partial charge in [0.25, 0.3) is 16.4 Å². The maximum atomic E-state index is 13.5. The van der Waals surface area contributed by atoms with Gasteiger partial charge in [-0.2, -0.15) is 0 Å². The molecule has 5 rings (SSSR count). The number of sulfonamides is 1. The van der Waals surface area contributed by atoms with Crippen molar-refractivity contribution >= 4 is 15.7 Å². The first-order chi connectivity index (χ1) is 15.9. The molecular weight excluding hydrogens is 446 g/mol. The number of nitrogens with zero attached hydrogens (tertiary/aromatic N) is 4. The number of aromatic nitrogens is 2. The number of anilines is 1. The fourth-order valence-corrected chi connectivity index (χ4v) is 6.46. The Hall–Kier alpha value is -2.91. The molecule has 9 heteroatoms. The molecule has 0 unspecified atom stereocenters. The Morgan fingerprint density at radius 2 is 1.61 bits per heavy atom. The van der Waals surface area contributed by atoms with Gasteiger partial charge in [-0.15, -0.1) is 0 Å². The highest BCUT2D eigenvalue weighted by Gasteiger charge is 2.48. The summed E-state index contributed by atoms with van der Waals surface area (Å²) in [6, 6.07) is 14.3. The second-order valence-corrected chi connectivity index (χ2v) is 10.5. The Labute approximate surface area is 192 Å². The maximum Gasteiger partial charge on any atom is 0.264 e. The average molecular weight is 471 g/mol. The molecule has 2 aliphatic rings. The zero-order chi connectivity index (χ0) is 23.1. The van der Waals surface area contributed by atoms with E-state index in [1.54, 1.807) is 18.5 Å². The predicted molar refractivity (Wildman–Crippen MR) is 121 cm³/mol. The standard InChI is InChI=1S/C24H24F2N4O2S/c25-23(26)18-6-8-19(9-7-18)33(31,32)30-17-24(20-4-1-2-5-21(20)30)10-14-29(15-11-24)16-22-27-12-3-13-28-22/h1-9,12-13,23H,10-11,14-17H2. The highest BCUT2D eigenvalue weighted by atomic mass is 32.2. The molecule has 2 aliphatic heterocycles. The van der Waals surface area contributed by atoms with Crippen LogP contribution >= 0.6 is 0 Å². The van der Waals surface area contributed by atoms with E-state index < -0.39 is 16.4 Å². The molecule has 0 aliphatic carbocycles. The third-order valence-electron chi connectivity index (χ3n) is 6.71. The minimum Gasteiger partial charge on any atom is -0.296 e. The van der Waals surface area contributed by atoms with Crippen LogP contribution in [0.2, 0.25) is 0 Å². The molecule has 0 amide bonds. The summed E-state index contributed by atoms with van der Waals surface area (Å²) < 4.78 is 54.4. The lowest BCUT2D eigenvalue weighted by atomic mass is 9.74. The van der Waals surface area contributed by atoms with Crippen molar-refractivity contribution in [3.05, 3.63) is 83.9 Å². The summed E-state index contributed by atoms with van der Waals surface area (Å²) in [7, 11) is -3.88. The van der Waals surface area contributed by atoms with E-state index in [0.717, 1.165) is 37.3 Å². The Bertz CT molecular complexity index is 1230. The van der Waals surface area contributed by atoms with Gasteiger partial charge in [0.15, 0.2) is 0 Å². The van der Waals surface area contributed by atoms with Gasteiger partial charge in [0.1, 0.15) is 5.82 Å². The summed E-state index contributed by atoms with van der Waals surface area (Å²) in [5, 5.41) is 0. The molecule has 2 aromatic carbocycles. The van der Waals surface area contributed by atoms with E-state index >= 15 is 0 Å². The lowest BCUT2D eigenvalue weighted by molar-refractivity contribution is 0.151. The fraction of sp³-hybridized carbons (Fsp3) is 0.333. The average Bonchev–Trinajstić information content (AvgIpc) is 3.16. The molecule has 0 saturated carbocycles. The molecule has 0 radical (unpaired) electrons. The maximum absolute atomic E-state index is 13.5. The van der Waals surface area contributed by atoms with Crippen LogP contribution in [0, 0.1) is 0 Å². The topological polar surface area (TPSA) is 66.4 Å². The number of alkyl halides is 2. The van der Waals surface area contributed by atoms with Crippen LogP contribution in [0.1, 0.15) is 36.2 Å². The highest BCUT2D eigenvalue weighted by molar-refractivity contribution is 7.92. The van der Waals surface area contributed by atoms with Crippen LogP contribution in [-0.4, -0.2) is 42.9 Å². The van der Waals surface area contributed by atoms with E-state index in [9.17, 15) is 17.2 Å². The minimum absolute atomic E-state index is 0.0254. The quantitative estimate of drug-likeness (QED) is 0.560. The minimum atomic E-state index is -3.88. The van der Waals surface area contributed by atoms with E-state index in [1.807, 2.05) is 24.3 Å². The second kappa shape index (κ2) is 8.46. The largest absolute Gasteiger partial charge is 0.296 e. The molecule has 0 atom stereocenters. The van der Waals surface area contributed by atoms with Gasteiger partial charge in [-0.05, 0) is 55.8 Å². The van der Waals surface area contributed by atoms with Crippen molar-refractivity contribution in [3.63, 3.8) is 0 Å². The van der Waals surface area contributed by atoms with Crippen molar-refractivity contribution in [1.82, 2.24) is 14.9 Å². The van der Waals surface area contributed by atoms with Crippen LogP contribution in [0.4, 0.5) is 14.5 Å². The highest BCUT2D eigenvalue weighted by Crippen LogP contribution is 2.48. The van der Waals surface area contributed by atoms with Crippen molar-refractivity contribution in [3.8, 4) is 0 Å². The number of benzene rings is 2. The van der Waals surface area contributed by atoms with Crippen molar-refractivity contribution in [2.24, 2.45) is 0 Å². The number of likely N-dealkylation sites (tertiary alicyclic amines) is 1. The molecule has 1 fully saturated rings. The van der Waals surface area contributed by atoms with Gasteiger partial charge in [-0.1, -0.05) is 30.3 Å². The Balaban J connectivity index is 1.40. The lowest BCUT2D eigenvalue weighted by Gasteiger charge is -2.39.